The lowest BCUT2D eigenvalue weighted by Crippen LogP contribution is -2.49. The number of piperidine rings is 1. The van der Waals surface area contributed by atoms with E-state index in [0.29, 0.717) is 30.6 Å². The number of aliphatic imine (C=N–C) groups is 1. The van der Waals surface area contributed by atoms with Gasteiger partial charge >= 0.3 is 0 Å². The summed E-state index contributed by atoms with van der Waals surface area (Å²) in [7, 11) is -3.84. The summed E-state index contributed by atoms with van der Waals surface area (Å²) in [6.45, 7) is 5.68. The molecule has 0 amide bonds. The molecule has 0 bridgehead atoms. The third kappa shape index (κ3) is 11.6. The highest BCUT2D eigenvalue weighted by molar-refractivity contribution is 14.0. The second kappa shape index (κ2) is 14.4. The molecule has 0 radical (unpaired) electrons. The number of halogens is 1. The molecule has 0 aromatic heterocycles. The van der Waals surface area contributed by atoms with Crippen LogP contribution in [0.2, 0.25) is 0 Å². The molecule has 2 rings (SSSR count). The summed E-state index contributed by atoms with van der Waals surface area (Å²) in [5.74, 6) is 2.08. The predicted octanol–water partition coefficient (Wildman–Crippen LogP) is 1.62. The Hall–Kier alpha value is -0.720. The molecule has 172 valence electrons. The van der Waals surface area contributed by atoms with Crippen molar-refractivity contribution in [1.29, 1.82) is 0 Å². The molecule has 1 aromatic carbocycles. The predicted molar refractivity (Wildman–Crippen MR) is 137 cm³/mol. The van der Waals surface area contributed by atoms with Crippen molar-refractivity contribution >= 4 is 50.6 Å². The highest BCUT2D eigenvalue weighted by atomic mass is 127. The SMILES string of the molecule is CCNC(=NCCS(=O)Cc1ccccc1)NC1CCN(CCS(C)(=O)=O)CC1.I. The van der Waals surface area contributed by atoms with Crippen molar-refractivity contribution in [1.82, 2.24) is 15.5 Å². The van der Waals surface area contributed by atoms with E-state index in [1.54, 1.807) is 0 Å². The molecule has 10 heteroatoms. The summed E-state index contributed by atoms with van der Waals surface area (Å²) in [5.41, 5.74) is 1.09. The van der Waals surface area contributed by atoms with Crippen molar-refractivity contribution in [2.75, 3.05) is 50.5 Å². The molecule has 1 aliphatic heterocycles. The van der Waals surface area contributed by atoms with Gasteiger partial charge in [-0.1, -0.05) is 30.3 Å². The molecule has 0 saturated carbocycles. The zero-order chi connectivity index (χ0) is 21.1. The number of benzene rings is 1. The molecule has 2 N–H and O–H groups in total. The first-order chi connectivity index (χ1) is 13.9. The maximum atomic E-state index is 12.3. The molecule has 30 heavy (non-hydrogen) atoms. The molecular formula is C20H35IN4O3S2. The van der Waals surface area contributed by atoms with Gasteiger partial charge in [-0.15, -0.1) is 24.0 Å². The van der Waals surface area contributed by atoms with Crippen LogP contribution in [0.25, 0.3) is 0 Å². The maximum absolute atomic E-state index is 12.3. The molecule has 1 fully saturated rings. The quantitative estimate of drug-likeness (QED) is 0.253. The third-order valence-corrected chi connectivity index (χ3v) is 7.03. The molecular weight excluding hydrogens is 535 g/mol. The lowest BCUT2D eigenvalue weighted by molar-refractivity contribution is 0.216. The average molecular weight is 571 g/mol. The van der Waals surface area contributed by atoms with Crippen molar-refractivity contribution in [3.63, 3.8) is 0 Å². The molecule has 1 heterocycles. The van der Waals surface area contributed by atoms with Crippen LogP contribution in [0.4, 0.5) is 0 Å². The molecule has 7 nitrogen and oxygen atoms in total. The summed E-state index contributed by atoms with van der Waals surface area (Å²) >= 11 is 0. The van der Waals surface area contributed by atoms with Crippen molar-refractivity contribution in [2.24, 2.45) is 4.99 Å². The number of hydrogen-bond acceptors (Lipinski definition) is 5. The standard InChI is InChI=1S/C20H34N4O3S2.HI/c1-3-21-20(22-11-15-28(25)17-18-7-5-4-6-8-18)23-19-9-12-24(13-10-19)14-16-29(2,26)27;/h4-8,19H,3,9-17H2,1-2H3,(H2,21,22,23);1H. The van der Waals surface area contributed by atoms with E-state index in [1.807, 2.05) is 37.3 Å². The summed E-state index contributed by atoms with van der Waals surface area (Å²) in [6, 6.07) is 10.2. The fourth-order valence-electron chi connectivity index (χ4n) is 3.20. The van der Waals surface area contributed by atoms with Crippen LogP contribution in [-0.4, -0.2) is 80.0 Å². The monoisotopic (exact) mass is 570 g/mol. The Labute approximate surface area is 200 Å². The van der Waals surface area contributed by atoms with Gasteiger partial charge in [0, 0.05) is 60.8 Å². The Kier molecular flexibility index (Phi) is 13.1. The average Bonchev–Trinajstić information content (AvgIpc) is 2.68. The van der Waals surface area contributed by atoms with Gasteiger partial charge in [0.2, 0.25) is 0 Å². The smallest absolute Gasteiger partial charge is 0.191 e. The zero-order valence-corrected chi connectivity index (χ0v) is 21.8. The first-order valence-electron chi connectivity index (χ1n) is 10.2. The largest absolute Gasteiger partial charge is 0.357 e. The molecule has 1 aromatic rings. The van der Waals surface area contributed by atoms with E-state index in [1.165, 1.54) is 6.26 Å². The maximum Gasteiger partial charge on any atom is 0.191 e. The van der Waals surface area contributed by atoms with E-state index < -0.39 is 20.6 Å². The number of likely N-dealkylation sites (tertiary alicyclic amines) is 1. The summed E-state index contributed by atoms with van der Waals surface area (Å²) < 4.78 is 34.9. The minimum absolute atomic E-state index is 0. The van der Waals surface area contributed by atoms with Crippen molar-refractivity contribution in [2.45, 2.75) is 31.6 Å². The van der Waals surface area contributed by atoms with Crippen LogP contribution in [0.3, 0.4) is 0 Å². The van der Waals surface area contributed by atoms with E-state index in [0.717, 1.165) is 44.0 Å². The van der Waals surface area contributed by atoms with Gasteiger partial charge < -0.3 is 15.5 Å². The first kappa shape index (κ1) is 27.3. The molecule has 1 saturated heterocycles. The zero-order valence-electron chi connectivity index (χ0n) is 17.9. The van der Waals surface area contributed by atoms with Crippen LogP contribution >= 0.6 is 24.0 Å². The lowest BCUT2D eigenvalue weighted by Gasteiger charge is -2.32. The number of nitrogens with one attached hydrogen (secondary N) is 2. The van der Waals surface area contributed by atoms with E-state index in [-0.39, 0.29) is 29.7 Å². The minimum atomic E-state index is -2.91. The lowest BCUT2D eigenvalue weighted by atomic mass is 10.1. The van der Waals surface area contributed by atoms with Crippen molar-refractivity contribution < 1.29 is 12.6 Å². The molecule has 0 spiro atoms. The Bertz CT molecular complexity index is 768. The number of rotatable bonds is 10. The Morgan fingerprint density at radius 3 is 2.50 bits per heavy atom. The summed E-state index contributed by atoms with van der Waals surface area (Å²) in [5, 5.41) is 6.72. The summed E-state index contributed by atoms with van der Waals surface area (Å²) in [4.78, 5) is 6.79. The second-order valence-electron chi connectivity index (χ2n) is 7.42. The van der Waals surface area contributed by atoms with E-state index >= 15 is 0 Å². The van der Waals surface area contributed by atoms with E-state index in [2.05, 4.69) is 20.5 Å². The van der Waals surface area contributed by atoms with Gasteiger partial charge in [-0.2, -0.15) is 0 Å². The highest BCUT2D eigenvalue weighted by Crippen LogP contribution is 2.10. The Balaban J connectivity index is 0.00000450. The van der Waals surface area contributed by atoms with Crippen molar-refractivity contribution in [3.05, 3.63) is 35.9 Å². The summed E-state index contributed by atoms with van der Waals surface area (Å²) in [6.07, 6.45) is 3.19. The molecule has 1 atom stereocenters. The number of guanidine groups is 1. The van der Waals surface area contributed by atoms with Crippen LogP contribution in [0.1, 0.15) is 25.3 Å². The second-order valence-corrected chi connectivity index (χ2v) is 11.3. The van der Waals surface area contributed by atoms with Gasteiger partial charge in [0.25, 0.3) is 0 Å². The van der Waals surface area contributed by atoms with Crippen LogP contribution in [0, 0.1) is 0 Å². The molecule has 1 unspecified atom stereocenters. The van der Waals surface area contributed by atoms with Crippen LogP contribution in [0.5, 0.6) is 0 Å². The van der Waals surface area contributed by atoms with Crippen LogP contribution in [0.15, 0.2) is 35.3 Å². The normalized spacial score (nSPS) is 17.2. The van der Waals surface area contributed by atoms with Crippen LogP contribution in [-0.2, 0) is 26.4 Å². The molecule has 0 aliphatic carbocycles. The fraction of sp³-hybridized carbons (Fsp3) is 0.650. The van der Waals surface area contributed by atoms with Gasteiger partial charge in [-0.05, 0) is 25.3 Å². The van der Waals surface area contributed by atoms with Gasteiger partial charge in [-0.25, -0.2) is 8.42 Å². The first-order valence-corrected chi connectivity index (χ1v) is 13.7. The third-order valence-electron chi connectivity index (χ3n) is 4.81. The van der Waals surface area contributed by atoms with Gasteiger partial charge in [0.15, 0.2) is 5.96 Å². The highest BCUT2D eigenvalue weighted by Gasteiger charge is 2.20. The number of sulfone groups is 1. The van der Waals surface area contributed by atoms with Gasteiger partial charge in [0.05, 0.1) is 12.3 Å². The van der Waals surface area contributed by atoms with Crippen molar-refractivity contribution in [3.8, 4) is 0 Å². The minimum Gasteiger partial charge on any atom is -0.357 e. The molecule has 1 aliphatic rings. The number of nitrogens with zero attached hydrogens (tertiary/aromatic N) is 2. The Morgan fingerprint density at radius 2 is 1.90 bits per heavy atom. The van der Waals surface area contributed by atoms with E-state index in [4.69, 9.17) is 0 Å². The van der Waals surface area contributed by atoms with Gasteiger partial charge in [0.1, 0.15) is 9.84 Å². The Morgan fingerprint density at radius 1 is 1.23 bits per heavy atom. The fourth-order valence-corrected chi connectivity index (χ4v) is 4.79. The number of hydrogen-bond donors (Lipinski definition) is 2. The van der Waals surface area contributed by atoms with E-state index in [9.17, 15) is 12.6 Å². The topological polar surface area (TPSA) is 90.9 Å². The van der Waals surface area contributed by atoms with Gasteiger partial charge in [-0.3, -0.25) is 9.20 Å². The van der Waals surface area contributed by atoms with Crippen LogP contribution < -0.4 is 10.6 Å².